The van der Waals surface area contributed by atoms with Gasteiger partial charge in [-0.1, -0.05) is 6.42 Å². The summed E-state index contributed by atoms with van der Waals surface area (Å²) in [6.07, 6.45) is 6.25. The molecule has 2 heterocycles. The van der Waals surface area contributed by atoms with E-state index in [2.05, 4.69) is 10.2 Å². The van der Waals surface area contributed by atoms with Crippen LogP contribution in [0.5, 0.6) is 0 Å². The second kappa shape index (κ2) is 4.40. The van der Waals surface area contributed by atoms with Crippen LogP contribution in [0.2, 0.25) is 0 Å². The van der Waals surface area contributed by atoms with Gasteiger partial charge in [0, 0.05) is 6.42 Å². The summed E-state index contributed by atoms with van der Waals surface area (Å²) >= 11 is 0. The van der Waals surface area contributed by atoms with Gasteiger partial charge in [0.05, 0.1) is 12.3 Å². The lowest BCUT2D eigenvalue weighted by Gasteiger charge is -2.38. The van der Waals surface area contributed by atoms with Crippen LogP contribution >= 0.6 is 0 Å². The van der Waals surface area contributed by atoms with Gasteiger partial charge in [0.25, 0.3) is 0 Å². The third kappa shape index (κ3) is 2.42. The summed E-state index contributed by atoms with van der Waals surface area (Å²) < 4.78 is 0. The molecule has 0 spiro atoms. The zero-order valence-electron chi connectivity index (χ0n) is 8.21. The lowest BCUT2D eigenvalue weighted by Crippen LogP contribution is -2.52. The highest BCUT2D eigenvalue weighted by Crippen LogP contribution is 2.17. The minimum atomic E-state index is -0.0758. The molecule has 0 amide bonds. The van der Waals surface area contributed by atoms with E-state index in [1.165, 1.54) is 32.4 Å². The Kier molecular flexibility index (Phi) is 3.19. The van der Waals surface area contributed by atoms with Gasteiger partial charge < -0.3 is 10.4 Å². The minimum absolute atomic E-state index is 0.0758. The van der Waals surface area contributed by atoms with Crippen LogP contribution in [0.15, 0.2) is 0 Å². The van der Waals surface area contributed by atoms with Crippen LogP contribution in [-0.2, 0) is 0 Å². The zero-order valence-corrected chi connectivity index (χ0v) is 8.21. The van der Waals surface area contributed by atoms with E-state index in [4.69, 9.17) is 0 Å². The van der Waals surface area contributed by atoms with Crippen molar-refractivity contribution in [3.8, 4) is 0 Å². The first kappa shape index (κ1) is 9.44. The van der Waals surface area contributed by atoms with Crippen molar-refractivity contribution in [3.05, 3.63) is 0 Å². The molecule has 2 N–H and O–H groups in total. The average molecular weight is 184 g/mol. The summed E-state index contributed by atoms with van der Waals surface area (Å²) in [6.45, 7) is 3.40. The third-order valence-electron chi connectivity index (χ3n) is 3.18. The number of nitrogens with zero attached hydrogens (tertiary/aromatic N) is 1. The predicted molar refractivity (Wildman–Crippen MR) is 52.5 cm³/mol. The summed E-state index contributed by atoms with van der Waals surface area (Å²) in [4.78, 5) is 2.49. The van der Waals surface area contributed by atoms with Crippen molar-refractivity contribution in [2.24, 2.45) is 0 Å². The molecule has 0 aliphatic carbocycles. The smallest absolute Gasteiger partial charge is 0.0622 e. The largest absolute Gasteiger partial charge is 0.393 e. The fourth-order valence-corrected chi connectivity index (χ4v) is 2.38. The van der Waals surface area contributed by atoms with Gasteiger partial charge >= 0.3 is 0 Å². The first-order chi connectivity index (χ1) is 6.36. The van der Waals surface area contributed by atoms with Crippen molar-refractivity contribution in [2.75, 3.05) is 19.6 Å². The summed E-state index contributed by atoms with van der Waals surface area (Å²) in [5, 5.41) is 13.0. The van der Waals surface area contributed by atoms with E-state index in [0.29, 0.717) is 6.17 Å². The molecule has 2 fully saturated rings. The van der Waals surface area contributed by atoms with Gasteiger partial charge in [-0.2, -0.15) is 0 Å². The van der Waals surface area contributed by atoms with E-state index in [1.54, 1.807) is 0 Å². The molecule has 3 heteroatoms. The number of nitrogens with one attached hydrogen (secondary N) is 1. The molecule has 2 aliphatic rings. The highest BCUT2D eigenvalue weighted by atomic mass is 16.3. The molecule has 2 rings (SSSR count). The van der Waals surface area contributed by atoms with Gasteiger partial charge in [-0.05, 0) is 38.9 Å². The second-order valence-corrected chi connectivity index (χ2v) is 4.24. The first-order valence-corrected chi connectivity index (χ1v) is 5.52. The van der Waals surface area contributed by atoms with E-state index < -0.39 is 0 Å². The minimum Gasteiger partial charge on any atom is -0.393 e. The first-order valence-electron chi connectivity index (χ1n) is 5.52. The summed E-state index contributed by atoms with van der Waals surface area (Å²) in [7, 11) is 0. The molecule has 0 bridgehead atoms. The van der Waals surface area contributed by atoms with Crippen molar-refractivity contribution in [1.82, 2.24) is 10.2 Å². The summed E-state index contributed by atoms with van der Waals surface area (Å²) in [5.41, 5.74) is 0. The van der Waals surface area contributed by atoms with Crippen molar-refractivity contribution in [2.45, 2.75) is 44.4 Å². The van der Waals surface area contributed by atoms with Gasteiger partial charge in [-0.15, -0.1) is 0 Å². The Morgan fingerprint density at radius 2 is 1.92 bits per heavy atom. The van der Waals surface area contributed by atoms with Gasteiger partial charge in [-0.25, -0.2) is 0 Å². The van der Waals surface area contributed by atoms with Gasteiger partial charge in [-0.3, -0.25) is 4.90 Å². The van der Waals surface area contributed by atoms with Crippen LogP contribution in [0.1, 0.15) is 32.1 Å². The molecule has 0 aromatic heterocycles. The Balaban J connectivity index is 1.83. The molecule has 2 aliphatic heterocycles. The quantitative estimate of drug-likeness (QED) is 0.624. The molecule has 2 saturated heterocycles. The molecule has 3 nitrogen and oxygen atoms in total. The number of aliphatic hydroxyl groups excluding tert-OH is 1. The fraction of sp³-hybridized carbons (Fsp3) is 1.00. The number of aliphatic hydroxyl groups is 1. The van der Waals surface area contributed by atoms with Crippen molar-refractivity contribution >= 4 is 0 Å². The molecule has 0 radical (unpaired) electrons. The van der Waals surface area contributed by atoms with Crippen LogP contribution < -0.4 is 5.32 Å². The zero-order chi connectivity index (χ0) is 9.10. The number of rotatable bonds is 1. The molecule has 0 aromatic rings. The number of hydrogen-bond donors (Lipinski definition) is 2. The number of likely N-dealkylation sites (tertiary alicyclic amines) is 1. The molecular formula is C10H20N2O. The average Bonchev–Trinajstić information content (AvgIpc) is 2.19. The van der Waals surface area contributed by atoms with Gasteiger partial charge in [0.1, 0.15) is 0 Å². The fourth-order valence-electron chi connectivity index (χ4n) is 2.38. The van der Waals surface area contributed by atoms with Gasteiger partial charge in [0.15, 0.2) is 0 Å². The Labute approximate surface area is 80.1 Å². The Bertz CT molecular complexity index is 157. The lowest BCUT2D eigenvalue weighted by molar-refractivity contribution is 0.0432. The molecule has 0 aromatic carbocycles. The third-order valence-corrected chi connectivity index (χ3v) is 3.18. The molecular weight excluding hydrogens is 164 g/mol. The molecule has 2 atom stereocenters. The van der Waals surface area contributed by atoms with E-state index in [9.17, 15) is 5.11 Å². The Morgan fingerprint density at radius 1 is 1.15 bits per heavy atom. The van der Waals surface area contributed by atoms with E-state index >= 15 is 0 Å². The van der Waals surface area contributed by atoms with Crippen LogP contribution in [0.4, 0.5) is 0 Å². The van der Waals surface area contributed by atoms with E-state index in [0.717, 1.165) is 19.4 Å². The van der Waals surface area contributed by atoms with Crippen LogP contribution in [0.25, 0.3) is 0 Å². The molecule has 2 unspecified atom stereocenters. The van der Waals surface area contributed by atoms with E-state index in [-0.39, 0.29) is 6.10 Å². The predicted octanol–water partition coefficient (Wildman–Crippen LogP) is 0.543. The number of piperidine rings is 2. The highest BCUT2D eigenvalue weighted by Gasteiger charge is 2.25. The molecule has 13 heavy (non-hydrogen) atoms. The second-order valence-electron chi connectivity index (χ2n) is 4.24. The Hall–Kier alpha value is -0.120. The topological polar surface area (TPSA) is 35.5 Å². The monoisotopic (exact) mass is 184 g/mol. The van der Waals surface area contributed by atoms with E-state index in [1.807, 2.05) is 0 Å². The van der Waals surface area contributed by atoms with Crippen LogP contribution in [0, 0.1) is 0 Å². The van der Waals surface area contributed by atoms with Crippen LogP contribution in [-0.4, -0.2) is 41.9 Å². The Morgan fingerprint density at radius 3 is 2.62 bits per heavy atom. The van der Waals surface area contributed by atoms with Crippen molar-refractivity contribution in [1.29, 1.82) is 0 Å². The normalized spacial score (nSPS) is 37.6. The van der Waals surface area contributed by atoms with Crippen LogP contribution in [0.3, 0.4) is 0 Å². The SMILES string of the molecule is OC1CCNC(N2CCCCC2)C1. The van der Waals surface area contributed by atoms with Crippen molar-refractivity contribution < 1.29 is 5.11 Å². The standard InChI is InChI=1S/C10H20N2O/c13-9-4-5-11-10(8-9)12-6-2-1-3-7-12/h9-11,13H,1-8H2. The molecule has 0 saturated carbocycles. The maximum atomic E-state index is 9.54. The summed E-state index contributed by atoms with van der Waals surface area (Å²) in [5.74, 6) is 0. The molecule has 76 valence electrons. The summed E-state index contributed by atoms with van der Waals surface area (Å²) in [6, 6.07) is 0. The van der Waals surface area contributed by atoms with Crippen molar-refractivity contribution in [3.63, 3.8) is 0 Å². The number of hydrogen-bond acceptors (Lipinski definition) is 3. The highest BCUT2D eigenvalue weighted by molar-refractivity contribution is 4.80. The van der Waals surface area contributed by atoms with Gasteiger partial charge in [0.2, 0.25) is 0 Å². The maximum Gasteiger partial charge on any atom is 0.0622 e. The lowest BCUT2D eigenvalue weighted by atomic mass is 10.0. The maximum absolute atomic E-state index is 9.54.